The van der Waals surface area contributed by atoms with E-state index >= 15 is 0 Å². The Labute approximate surface area is 293 Å². The molecule has 3 nitrogen and oxygen atoms in total. The van der Waals surface area contributed by atoms with Crippen molar-refractivity contribution in [3.05, 3.63) is 176 Å². The predicted molar refractivity (Wildman–Crippen MR) is 211 cm³/mol. The minimum absolute atomic E-state index is 0.704. The van der Waals surface area contributed by atoms with Gasteiger partial charge in [-0.1, -0.05) is 115 Å². The molecular weight excluding hydrogens is 627 g/mol. The Morgan fingerprint density at radius 2 is 0.980 bits per heavy atom. The summed E-state index contributed by atoms with van der Waals surface area (Å²) in [6.45, 7) is 0. The van der Waals surface area contributed by atoms with Crippen molar-refractivity contribution >= 4 is 53.3 Å². The zero-order chi connectivity index (χ0) is 33.0. The highest BCUT2D eigenvalue weighted by molar-refractivity contribution is 7.26. The van der Waals surface area contributed by atoms with Crippen molar-refractivity contribution in [2.45, 2.75) is 0 Å². The monoisotopic (exact) mass is 655 g/mol. The number of hydrogen-bond donors (Lipinski definition) is 0. The van der Waals surface area contributed by atoms with Crippen LogP contribution in [0.15, 0.2) is 176 Å². The molecule has 3 heterocycles. The summed E-state index contributed by atoms with van der Waals surface area (Å²) in [7, 11) is 0. The smallest absolute Gasteiger partial charge is 0.159 e. The topological polar surface area (TPSA) is 30.7 Å². The standard InChI is InChI=1S/C46H29N3S/c1-4-12-30(13-5-1)33-24-34(31-14-6-2-7-15-31)26-35(25-33)36-28-47-46(48-29-36)32-20-21-40-42(27-32)49(37-16-8-3-9-17-37)41-23-22-39-38-18-10-11-19-43(38)50-45(39)44(40)41/h1-29H. The van der Waals surface area contributed by atoms with E-state index in [2.05, 4.69) is 168 Å². The van der Waals surface area contributed by atoms with E-state index in [0.29, 0.717) is 5.82 Å². The largest absolute Gasteiger partial charge is 0.309 e. The van der Waals surface area contributed by atoms with E-state index in [1.54, 1.807) is 0 Å². The third-order valence-corrected chi connectivity index (χ3v) is 10.9. The van der Waals surface area contributed by atoms with E-state index in [1.165, 1.54) is 47.6 Å². The summed E-state index contributed by atoms with van der Waals surface area (Å²) in [5.74, 6) is 0.704. The highest BCUT2D eigenvalue weighted by atomic mass is 32.1. The van der Waals surface area contributed by atoms with Crippen molar-refractivity contribution in [3.8, 4) is 50.5 Å². The van der Waals surface area contributed by atoms with Crippen LogP contribution >= 0.6 is 11.3 Å². The Morgan fingerprint density at radius 3 is 1.66 bits per heavy atom. The Morgan fingerprint density at radius 1 is 0.400 bits per heavy atom. The van der Waals surface area contributed by atoms with Crippen molar-refractivity contribution < 1.29 is 0 Å². The van der Waals surface area contributed by atoms with Crippen LogP contribution < -0.4 is 0 Å². The second-order valence-corrected chi connectivity index (χ2v) is 13.7. The van der Waals surface area contributed by atoms with Crippen LogP contribution in [-0.2, 0) is 0 Å². The van der Waals surface area contributed by atoms with E-state index in [-0.39, 0.29) is 0 Å². The quantitative estimate of drug-likeness (QED) is 0.185. The first kappa shape index (κ1) is 28.6. The van der Waals surface area contributed by atoms with Gasteiger partial charge in [0.2, 0.25) is 0 Å². The molecule has 4 heteroatoms. The van der Waals surface area contributed by atoms with Gasteiger partial charge in [-0.15, -0.1) is 11.3 Å². The lowest BCUT2D eigenvalue weighted by Crippen LogP contribution is -1.94. The van der Waals surface area contributed by atoms with Gasteiger partial charge in [-0.2, -0.15) is 0 Å². The summed E-state index contributed by atoms with van der Waals surface area (Å²) in [6.07, 6.45) is 3.91. The number of rotatable bonds is 5. The molecule has 0 aliphatic rings. The van der Waals surface area contributed by atoms with Crippen LogP contribution in [-0.4, -0.2) is 14.5 Å². The summed E-state index contributed by atoms with van der Waals surface area (Å²) in [5, 5.41) is 5.13. The minimum Gasteiger partial charge on any atom is -0.309 e. The molecule has 0 spiro atoms. The fraction of sp³-hybridized carbons (Fsp3) is 0. The first-order valence-electron chi connectivity index (χ1n) is 16.8. The molecule has 0 N–H and O–H groups in total. The molecule has 0 fully saturated rings. The van der Waals surface area contributed by atoms with E-state index in [1.807, 2.05) is 23.7 Å². The zero-order valence-corrected chi connectivity index (χ0v) is 27.8. The van der Waals surface area contributed by atoms with Gasteiger partial charge in [0.25, 0.3) is 0 Å². The van der Waals surface area contributed by atoms with Crippen molar-refractivity contribution in [1.29, 1.82) is 0 Å². The van der Waals surface area contributed by atoms with E-state index in [4.69, 9.17) is 9.97 Å². The van der Waals surface area contributed by atoms with Crippen LogP contribution in [0.3, 0.4) is 0 Å². The number of nitrogens with zero attached hydrogens (tertiary/aromatic N) is 3. The van der Waals surface area contributed by atoms with Crippen LogP contribution in [0.4, 0.5) is 0 Å². The molecular formula is C46H29N3S. The number of fused-ring (bicyclic) bond motifs is 7. The van der Waals surface area contributed by atoms with Crippen molar-refractivity contribution in [1.82, 2.24) is 14.5 Å². The summed E-state index contributed by atoms with van der Waals surface area (Å²) < 4.78 is 5.02. The molecule has 0 bridgehead atoms. The molecule has 0 radical (unpaired) electrons. The van der Waals surface area contributed by atoms with Gasteiger partial charge in [0.05, 0.1) is 11.0 Å². The molecule has 10 rings (SSSR count). The summed E-state index contributed by atoms with van der Waals surface area (Å²) in [6, 6.07) is 58.4. The normalized spacial score (nSPS) is 11.6. The minimum atomic E-state index is 0.704. The fourth-order valence-corrected chi connectivity index (χ4v) is 8.55. The van der Waals surface area contributed by atoms with Gasteiger partial charge in [-0.05, 0) is 76.3 Å². The predicted octanol–water partition coefficient (Wildman–Crippen LogP) is 12.6. The molecule has 0 saturated heterocycles. The Bertz CT molecular complexity index is 2780. The van der Waals surface area contributed by atoms with E-state index in [9.17, 15) is 0 Å². The molecule has 0 saturated carbocycles. The molecule has 0 unspecified atom stereocenters. The third-order valence-electron chi connectivity index (χ3n) is 9.68. The maximum Gasteiger partial charge on any atom is 0.159 e. The van der Waals surface area contributed by atoms with Gasteiger partial charge < -0.3 is 4.57 Å². The molecule has 0 atom stereocenters. The summed E-state index contributed by atoms with van der Waals surface area (Å²) in [5.41, 5.74) is 11.2. The molecule has 7 aromatic carbocycles. The fourth-order valence-electron chi connectivity index (χ4n) is 7.29. The number of aromatic nitrogens is 3. The summed E-state index contributed by atoms with van der Waals surface area (Å²) in [4.78, 5) is 9.91. The first-order chi connectivity index (χ1) is 24.8. The van der Waals surface area contributed by atoms with Gasteiger partial charge in [0, 0.05) is 60.2 Å². The summed E-state index contributed by atoms with van der Waals surface area (Å²) >= 11 is 1.88. The molecule has 0 amide bonds. The Hall–Kier alpha value is -6.36. The molecule has 0 aliphatic heterocycles. The molecule has 0 aliphatic carbocycles. The maximum atomic E-state index is 4.95. The van der Waals surface area contributed by atoms with Gasteiger partial charge in [0.1, 0.15) is 0 Å². The van der Waals surface area contributed by atoms with Crippen LogP contribution in [0.25, 0.3) is 92.4 Å². The average Bonchev–Trinajstić information content (AvgIpc) is 3.74. The number of benzene rings is 7. The lowest BCUT2D eigenvalue weighted by atomic mass is 9.94. The van der Waals surface area contributed by atoms with Gasteiger partial charge in [-0.25, -0.2) is 9.97 Å². The number of thiophene rings is 1. The van der Waals surface area contributed by atoms with E-state index < -0.39 is 0 Å². The zero-order valence-electron chi connectivity index (χ0n) is 27.0. The lowest BCUT2D eigenvalue weighted by molar-refractivity contribution is 1.17. The third kappa shape index (κ3) is 4.73. The molecule has 10 aromatic rings. The van der Waals surface area contributed by atoms with Crippen molar-refractivity contribution in [2.24, 2.45) is 0 Å². The van der Waals surface area contributed by atoms with Crippen molar-refractivity contribution in [3.63, 3.8) is 0 Å². The van der Waals surface area contributed by atoms with Gasteiger partial charge >= 0.3 is 0 Å². The highest BCUT2D eigenvalue weighted by Gasteiger charge is 2.19. The van der Waals surface area contributed by atoms with Crippen molar-refractivity contribution in [2.75, 3.05) is 0 Å². The maximum absolute atomic E-state index is 4.95. The van der Waals surface area contributed by atoms with Gasteiger partial charge in [-0.3, -0.25) is 0 Å². The van der Waals surface area contributed by atoms with Crippen LogP contribution in [0.2, 0.25) is 0 Å². The van der Waals surface area contributed by atoms with E-state index in [0.717, 1.165) is 39.0 Å². The second-order valence-electron chi connectivity index (χ2n) is 12.7. The SMILES string of the molecule is c1ccc(-c2cc(-c3ccccc3)cc(-c3cnc(-c4ccc5c6c7sc8ccccc8c7ccc6n(-c6ccccc6)c5c4)nc3)c2)cc1. The second kappa shape index (κ2) is 11.7. The Balaban J connectivity index is 1.11. The van der Waals surface area contributed by atoms with Crippen LogP contribution in [0, 0.1) is 0 Å². The molecule has 3 aromatic heterocycles. The van der Waals surface area contributed by atoms with Crippen LogP contribution in [0.5, 0.6) is 0 Å². The molecule has 234 valence electrons. The number of para-hydroxylation sites is 1. The molecule has 50 heavy (non-hydrogen) atoms. The highest BCUT2D eigenvalue weighted by Crippen LogP contribution is 2.44. The lowest BCUT2D eigenvalue weighted by Gasteiger charge is -2.11. The van der Waals surface area contributed by atoms with Crippen LogP contribution in [0.1, 0.15) is 0 Å². The van der Waals surface area contributed by atoms with Gasteiger partial charge in [0.15, 0.2) is 5.82 Å². The first-order valence-corrected chi connectivity index (χ1v) is 17.6. The average molecular weight is 656 g/mol. The number of hydrogen-bond acceptors (Lipinski definition) is 3. The Kier molecular flexibility index (Phi) is 6.68.